The van der Waals surface area contributed by atoms with Gasteiger partial charge in [0.25, 0.3) is 10.1 Å². The van der Waals surface area contributed by atoms with Crippen molar-refractivity contribution in [3.05, 3.63) is 35.9 Å². The number of nitrogens with zero attached hydrogens (tertiary/aromatic N) is 1. The van der Waals surface area contributed by atoms with Crippen LogP contribution in [0, 0.1) is 0 Å². The van der Waals surface area contributed by atoms with Crippen LogP contribution in [0.3, 0.4) is 0 Å². The Kier molecular flexibility index (Phi) is 4.35. The van der Waals surface area contributed by atoms with E-state index in [1.54, 1.807) is 0 Å². The fraction of sp³-hybridized carbons (Fsp3) is 0.462. The molecule has 0 saturated heterocycles. The molecule has 0 N–H and O–H groups in total. The third kappa shape index (κ3) is 3.98. The molecule has 0 aromatic heterocycles. The first-order chi connectivity index (χ1) is 9.45. The fourth-order valence-corrected chi connectivity index (χ4v) is 2.27. The third-order valence-electron chi connectivity index (χ3n) is 3.08. The molecule has 0 aliphatic heterocycles. The molecule has 0 heterocycles. The highest BCUT2D eigenvalue weighted by molar-refractivity contribution is 7.85. The lowest BCUT2D eigenvalue weighted by Crippen LogP contribution is -2.27. The number of isocyanates is 1. The summed E-state index contributed by atoms with van der Waals surface area (Å²) in [5.74, 6) is 0. The van der Waals surface area contributed by atoms with Gasteiger partial charge in [0.05, 0.1) is 25.5 Å². The SMILES string of the molecule is CS(=O)(=O)OCC1(OCc2ccccc2)CC1N=C=O. The van der Waals surface area contributed by atoms with E-state index >= 15 is 0 Å². The lowest BCUT2D eigenvalue weighted by Gasteiger charge is -2.16. The van der Waals surface area contributed by atoms with Crippen LogP contribution in [0.2, 0.25) is 0 Å². The Labute approximate surface area is 117 Å². The van der Waals surface area contributed by atoms with Crippen LogP contribution in [-0.2, 0) is 30.4 Å². The number of benzene rings is 1. The van der Waals surface area contributed by atoms with Crippen molar-refractivity contribution < 1.29 is 22.1 Å². The van der Waals surface area contributed by atoms with Crippen molar-refractivity contribution in [2.24, 2.45) is 4.99 Å². The van der Waals surface area contributed by atoms with Crippen LogP contribution in [0.1, 0.15) is 12.0 Å². The van der Waals surface area contributed by atoms with Crippen LogP contribution in [0.5, 0.6) is 0 Å². The van der Waals surface area contributed by atoms with Gasteiger partial charge in [-0.25, -0.2) is 4.79 Å². The summed E-state index contributed by atoms with van der Waals surface area (Å²) in [5, 5.41) is 0. The summed E-state index contributed by atoms with van der Waals surface area (Å²) in [4.78, 5) is 13.9. The van der Waals surface area contributed by atoms with Gasteiger partial charge in [0.1, 0.15) is 5.60 Å². The zero-order valence-electron chi connectivity index (χ0n) is 11.0. The van der Waals surface area contributed by atoms with Gasteiger partial charge in [-0.05, 0) is 5.56 Å². The lowest BCUT2D eigenvalue weighted by molar-refractivity contribution is -0.0126. The van der Waals surface area contributed by atoms with Gasteiger partial charge < -0.3 is 4.74 Å². The topological polar surface area (TPSA) is 82.0 Å². The molecular weight excluding hydrogens is 282 g/mol. The molecule has 1 aliphatic carbocycles. The van der Waals surface area contributed by atoms with Crippen molar-refractivity contribution in [2.45, 2.75) is 24.7 Å². The van der Waals surface area contributed by atoms with Gasteiger partial charge in [-0.3, -0.25) is 4.18 Å². The van der Waals surface area contributed by atoms with Gasteiger partial charge >= 0.3 is 0 Å². The first-order valence-electron chi connectivity index (χ1n) is 6.04. The maximum atomic E-state index is 11.1. The highest BCUT2D eigenvalue weighted by atomic mass is 32.2. The predicted molar refractivity (Wildman–Crippen MR) is 71.3 cm³/mol. The largest absolute Gasteiger partial charge is 0.365 e. The molecule has 6 nitrogen and oxygen atoms in total. The van der Waals surface area contributed by atoms with Crippen LogP contribution in [0.25, 0.3) is 0 Å². The molecule has 0 bridgehead atoms. The van der Waals surface area contributed by atoms with Crippen molar-refractivity contribution in [3.8, 4) is 0 Å². The Morgan fingerprint density at radius 1 is 1.40 bits per heavy atom. The maximum Gasteiger partial charge on any atom is 0.264 e. The van der Waals surface area contributed by atoms with E-state index in [9.17, 15) is 13.2 Å². The van der Waals surface area contributed by atoms with Crippen molar-refractivity contribution in [1.82, 2.24) is 0 Å². The second-order valence-electron chi connectivity index (χ2n) is 4.75. The number of hydrogen-bond donors (Lipinski definition) is 0. The summed E-state index contributed by atoms with van der Waals surface area (Å²) in [5.41, 5.74) is 0.100. The second kappa shape index (κ2) is 5.85. The quantitative estimate of drug-likeness (QED) is 0.426. The van der Waals surface area contributed by atoms with E-state index in [0.717, 1.165) is 11.8 Å². The first-order valence-corrected chi connectivity index (χ1v) is 7.86. The van der Waals surface area contributed by atoms with Gasteiger partial charge in [-0.15, -0.1) is 0 Å². The summed E-state index contributed by atoms with van der Waals surface area (Å²) in [6.07, 6.45) is 2.89. The highest BCUT2D eigenvalue weighted by Crippen LogP contribution is 2.43. The molecule has 1 aromatic rings. The molecule has 1 saturated carbocycles. The molecule has 2 unspecified atom stereocenters. The molecule has 0 amide bonds. The van der Waals surface area contributed by atoms with Crippen LogP contribution >= 0.6 is 0 Å². The maximum absolute atomic E-state index is 11.1. The van der Waals surface area contributed by atoms with Gasteiger partial charge in [-0.1, -0.05) is 30.3 Å². The Morgan fingerprint density at radius 2 is 2.10 bits per heavy atom. The van der Waals surface area contributed by atoms with Crippen molar-refractivity contribution >= 4 is 16.2 Å². The Bertz CT molecular complexity index is 609. The molecule has 7 heteroatoms. The van der Waals surface area contributed by atoms with E-state index in [-0.39, 0.29) is 6.61 Å². The van der Waals surface area contributed by atoms with E-state index in [1.165, 1.54) is 6.08 Å². The Balaban J connectivity index is 2.00. The Hall–Kier alpha value is -1.53. The van der Waals surface area contributed by atoms with E-state index in [0.29, 0.717) is 13.0 Å². The average molecular weight is 297 g/mol. The van der Waals surface area contributed by atoms with Crippen LogP contribution in [-0.4, -0.2) is 39.0 Å². The molecule has 108 valence electrons. The van der Waals surface area contributed by atoms with Crippen molar-refractivity contribution in [1.29, 1.82) is 0 Å². The Morgan fingerprint density at radius 3 is 2.70 bits per heavy atom. The minimum atomic E-state index is -3.56. The monoisotopic (exact) mass is 297 g/mol. The molecule has 0 radical (unpaired) electrons. The summed E-state index contributed by atoms with van der Waals surface area (Å²) in [7, 11) is -3.56. The van der Waals surface area contributed by atoms with E-state index in [1.807, 2.05) is 30.3 Å². The number of hydrogen-bond acceptors (Lipinski definition) is 6. The molecule has 0 spiro atoms. The first kappa shape index (κ1) is 14.9. The van der Waals surface area contributed by atoms with Crippen molar-refractivity contribution in [2.75, 3.05) is 12.9 Å². The molecule has 1 fully saturated rings. The minimum Gasteiger partial charge on any atom is -0.365 e. The standard InChI is InChI=1S/C13H15NO5S/c1-20(16,17)19-9-13(7-12(13)14-10-15)18-8-11-5-3-2-4-6-11/h2-6,12H,7-9H2,1H3. The fourth-order valence-electron chi connectivity index (χ4n) is 1.86. The zero-order chi connectivity index (χ0) is 14.6. The molecule has 20 heavy (non-hydrogen) atoms. The molecule has 1 aliphatic rings. The zero-order valence-corrected chi connectivity index (χ0v) is 11.8. The van der Waals surface area contributed by atoms with Crippen LogP contribution < -0.4 is 0 Å². The molecule has 1 aromatic carbocycles. The lowest BCUT2D eigenvalue weighted by atomic mass is 10.2. The van der Waals surface area contributed by atoms with E-state index in [2.05, 4.69) is 4.99 Å². The number of rotatable bonds is 7. The number of carbonyl (C=O) groups excluding carboxylic acids is 1. The van der Waals surface area contributed by atoms with Gasteiger partial charge in [0.15, 0.2) is 0 Å². The summed E-state index contributed by atoms with van der Waals surface area (Å²) in [6, 6.07) is 9.05. The van der Waals surface area contributed by atoms with Gasteiger partial charge in [-0.2, -0.15) is 13.4 Å². The third-order valence-corrected chi connectivity index (χ3v) is 3.63. The second-order valence-corrected chi connectivity index (χ2v) is 6.39. The summed E-state index contributed by atoms with van der Waals surface area (Å²) >= 11 is 0. The van der Waals surface area contributed by atoms with Crippen LogP contribution in [0.4, 0.5) is 0 Å². The van der Waals surface area contributed by atoms with Crippen molar-refractivity contribution in [3.63, 3.8) is 0 Å². The normalized spacial score (nSPS) is 24.9. The van der Waals surface area contributed by atoms with Gasteiger partial charge in [0, 0.05) is 6.42 Å². The van der Waals surface area contributed by atoms with E-state index in [4.69, 9.17) is 8.92 Å². The van der Waals surface area contributed by atoms with Gasteiger partial charge in [0.2, 0.25) is 6.08 Å². The molecule has 2 atom stereocenters. The van der Waals surface area contributed by atoms with Crippen LogP contribution in [0.15, 0.2) is 35.3 Å². The predicted octanol–water partition coefficient (Wildman–Crippen LogP) is 1.03. The minimum absolute atomic E-state index is 0.144. The number of ether oxygens (including phenoxy) is 1. The summed E-state index contributed by atoms with van der Waals surface area (Å²) in [6.45, 7) is 0.160. The molecular formula is C13H15NO5S. The highest BCUT2D eigenvalue weighted by Gasteiger charge is 2.57. The number of aliphatic imine (C=N–C) groups is 1. The molecule has 2 rings (SSSR count). The van der Waals surface area contributed by atoms with E-state index < -0.39 is 21.8 Å². The summed E-state index contributed by atoms with van der Waals surface area (Å²) < 4.78 is 32.6. The average Bonchev–Trinajstić information content (AvgIpc) is 3.09. The smallest absolute Gasteiger partial charge is 0.264 e.